The monoisotopic (exact) mass is 440 g/mol. The molecule has 1 aliphatic heterocycles. The minimum Gasteiger partial charge on any atom is -0.457 e. The highest BCUT2D eigenvalue weighted by Crippen LogP contribution is 2.29. The van der Waals surface area contributed by atoms with Gasteiger partial charge >= 0.3 is 0 Å². The van der Waals surface area contributed by atoms with Crippen LogP contribution in [-0.2, 0) is 9.59 Å². The Morgan fingerprint density at radius 2 is 1.89 bits per heavy atom. The fourth-order valence-electron chi connectivity index (χ4n) is 2.90. The molecule has 3 rings (SSSR count). The molecule has 0 spiro atoms. The summed E-state index contributed by atoms with van der Waals surface area (Å²) in [7, 11) is 0. The Balaban J connectivity index is 2.01. The van der Waals surface area contributed by atoms with Gasteiger partial charge in [0.15, 0.2) is 0 Å². The van der Waals surface area contributed by atoms with Crippen molar-refractivity contribution >= 4 is 33.8 Å². The van der Waals surface area contributed by atoms with E-state index in [4.69, 9.17) is 4.42 Å². The van der Waals surface area contributed by atoms with Crippen LogP contribution < -0.4 is 0 Å². The smallest absolute Gasteiger partial charge is 0.271 e. The van der Waals surface area contributed by atoms with Crippen LogP contribution in [0.15, 0.2) is 62.0 Å². The lowest BCUT2D eigenvalue weighted by Crippen LogP contribution is -2.45. The van der Waals surface area contributed by atoms with Crippen molar-refractivity contribution in [2.75, 3.05) is 6.54 Å². The summed E-state index contributed by atoms with van der Waals surface area (Å²) in [5, 5.41) is 18.9. The van der Waals surface area contributed by atoms with Gasteiger partial charge in [-0.1, -0.05) is 28.1 Å². The number of furan rings is 1. The summed E-state index contributed by atoms with van der Waals surface area (Å²) >= 11 is 3.38. The molecule has 0 bridgehead atoms. The number of imide groups is 1. The van der Waals surface area contributed by atoms with E-state index in [-0.39, 0.29) is 17.7 Å². The topological polar surface area (TPSA) is 94.5 Å². The predicted molar refractivity (Wildman–Crippen MR) is 107 cm³/mol. The summed E-state index contributed by atoms with van der Waals surface area (Å²) in [6.45, 7) is 2.84. The molecule has 2 amide bonds. The Morgan fingerprint density at radius 3 is 2.50 bits per heavy atom. The number of rotatable bonds is 4. The second kappa shape index (κ2) is 7.97. The van der Waals surface area contributed by atoms with E-state index in [9.17, 15) is 20.0 Å². The number of hydrogen-bond acceptors (Lipinski definition) is 5. The first-order valence-corrected chi connectivity index (χ1v) is 9.34. The molecule has 0 fully saturated rings. The first kappa shape index (κ1) is 19.8. The normalized spacial score (nSPS) is 17.2. The van der Waals surface area contributed by atoms with Crippen LogP contribution in [0, 0.1) is 11.3 Å². The Bertz CT molecular complexity index is 1040. The molecule has 6 nitrogen and oxygen atoms in total. The zero-order valence-electron chi connectivity index (χ0n) is 15.3. The fourth-order valence-corrected chi connectivity index (χ4v) is 3.17. The summed E-state index contributed by atoms with van der Waals surface area (Å²) in [6, 6.07) is 12.9. The number of aliphatic hydroxyl groups is 1. The third-order valence-corrected chi connectivity index (χ3v) is 4.84. The maximum Gasteiger partial charge on any atom is 0.271 e. The van der Waals surface area contributed by atoms with Gasteiger partial charge in [0.2, 0.25) is 0 Å². The molecule has 1 atom stereocenters. The highest BCUT2D eigenvalue weighted by Gasteiger charge is 2.36. The number of β-amino-alcohol motifs (C(OH)–C–C–N with tert-alkyl or cyclic N) is 1. The van der Waals surface area contributed by atoms with Gasteiger partial charge in [-0.3, -0.25) is 14.5 Å². The zero-order chi connectivity index (χ0) is 20.4. The van der Waals surface area contributed by atoms with Crippen LogP contribution in [-0.4, -0.2) is 34.5 Å². The Hall–Kier alpha value is -2.95. The molecule has 0 aliphatic carbocycles. The van der Waals surface area contributed by atoms with Crippen LogP contribution in [0.1, 0.15) is 19.6 Å². The van der Waals surface area contributed by atoms with Crippen molar-refractivity contribution in [1.82, 2.24) is 4.90 Å². The second-order valence-electron chi connectivity index (χ2n) is 6.45. The van der Waals surface area contributed by atoms with E-state index in [2.05, 4.69) is 15.9 Å². The van der Waals surface area contributed by atoms with Gasteiger partial charge in [-0.05, 0) is 49.8 Å². The summed E-state index contributed by atoms with van der Waals surface area (Å²) in [4.78, 5) is 26.1. The Kier molecular flexibility index (Phi) is 5.63. The van der Waals surface area contributed by atoms with Crippen molar-refractivity contribution in [2.45, 2.75) is 20.0 Å². The summed E-state index contributed by atoms with van der Waals surface area (Å²) in [6.07, 6.45) is 0.610. The molecule has 28 heavy (non-hydrogen) atoms. The van der Waals surface area contributed by atoms with E-state index in [0.717, 1.165) is 14.9 Å². The van der Waals surface area contributed by atoms with Crippen LogP contribution in [0.5, 0.6) is 0 Å². The highest BCUT2D eigenvalue weighted by atomic mass is 79.9. The van der Waals surface area contributed by atoms with Gasteiger partial charge < -0.3 is 9.52 Å². The average Bonchev–Trinajstić information content (AvgIpc) is 3.12. The van der Waals surface area contributed by atoms with Crippen molar-refractivity contribution in [3.05, 3.63) is 63.4 Å². The van der Waals surface area contributed by atoms with E-state index in [1.165, 1.54) is 13.0 Å². The molecule has 142 valence electrons. The number of halogens is 1. The minimum atomic E-state index is -0.903. The quantitative estimate of drug-likeness (QED) is 0.577. The maximum absolute atomic E-state index is 12.8. The zero-order valence-corrected chi connectivity index (χ0v) is 16.9. The van der Waals surface area contributed by atoms with Crippen molar-refractivity contribution in [3.8, 4) is 17.4 Å². The van der Waals surface area contributed by atoms with Crippen molar-refractivity contribution in [1.29, 1.82) is 5.26 Å². The molecule has 0 saturated heterocycles. The maximum atomic E-state index is 12.8. The number of nitriles is 1. The van der Waals surface area contributed by atoms with E-state index < -0.39 is 17.9 Å². The molecule has 1 aromatic heterocycles. The van der Waals surface area contributed by atoms with E-state index >= 15 is 0 Å². The number of hydrogen-bond donors (Lipinski definition) is 1. The molecule has 2 heterocycles. The van der Waals surface area contributed by atoms with Gasteiger partial charge in [0.25, 0.3) is 11.8 Å². The second-order valence-corrected chi connectivity index (χ2v) is 7.36. The summed E-state index contributed by atoms with van der Waals surface area (Å²) in [5.41, 5.74) is 1.24. The highest BCUT2D eigenvalue weighted by molar-refractivity contribution is 9.10. The third kappa shape index (κ3) is 3.84. The Labute approximate surface area is 170 Å². The lowest BCUT2D eigenvalue weighted by atomic mass is 9.94. The first-order chi connectivity index (χ1) is 13.3. The van der Waals surface area contributed by atoms with E-state index in [0.29, 0.717) is 17.1 Å². The molecule has 0 radical (unpaired) electrons. The largest absolute Gasteiger partial charge is 0.457 e. The molecule has 7 heteroatoms. The van der Waals surface area contributed by atoms with Crippen LogP contribution in [0.2, 0.25) is 0 Å². The fraction of sp³-hybridized carbons (Fsp3) is 0.190. The van der Waals surface area contributed by atoms with Crippen molar-refractivity contribution < 1.29 is 19.1 Å². The number of aliphatic hydroxyl groups excluding tert-OH is 1. The first-order valence-electron chi connectivity index (χ1n) is 8.55. The van der Waals surface area contributed by atoms with E-state index in [1.54, 1.807) is 19.1 Å². The molecular formula is C21H17BrN2O4. The minimum absolute atomic E-state index is 0.119. The molecule has 1 aliphatic rings. The van der Waals surface area contributed by atoms with Crippen molar-refractivity contribution in [2.24, 2.45) is 0 Å². The van der Waals surface area contributed by atoms with Gasteiger partial charge in [-0.2, -0.15) is 5.26 Å². The number of carbonyl (C=O) groups excluding carboxylic acids is 2. The number of carbonyl (C=O) groups is 2. The molecule has 1 aromatic carbocycles. The third-order valence-electron chi connectivity index (χ3n) is 4.31. The summed E-state index contributed by atoms with van der Waals surface area (Å²) < 4.78 is 6.77. The standard InChI is InChI=1S/C21H17BrN2O4/c1-12(25)11-24-20(26)17(13(2)18(10-23)21(24)27)9-16-7-8-19(28-16)14-3-5-15(22)6-4-14/h3-9,12,25H,11H2,1-2H3/b17-9+. The average molecular weight is 441 g/mol. The van der Waals surface area contributed by atoms with Gasteiger partial charge in [-0.25, -0.2) is 0 Å². The van der Waals surface area contributed by atoms with Gasteiger partial charge in [-0.15, -0.1) is 0 Å². The lowest BCUT2D eigenvalue weighted by molar-refractivity contribution is -0.141. The van der Waals surface area contributed by atoms with Crippen molar-refractivity contribution in [3.63, 3.8) is 0 Å². The number of benzene rings is 1. The molecule has 0 saturated carbocycles. The molecular weight excluding hydrogens is 424 g/mol. The number of amides is 2. The van der Waals surface area contributed by atoms with Gasteiger partial charge in [0.05, 0.1) is 12.6 Å². The molecule has 2 aromatic rings. The molecule has 1 unspecified atom stereocenters. The summed E-state index contributed by atoms with van der Waals surface area (Å²) in [5.74, 6) is -0.215. The van der Waals surface area contributed by atoms with Crippen LogP contribution in [0.25, 0.3) is 17.4 Å². The predicted octanol–water partition coefficient (Wildman–Crippen LogP) is 3.68. The van der Waals surface area contributed by atoms with Gasteiger partial charge in [0.1, 0.15) is 23.2 Å². The number of nitrogens with zero attached hydrogens (tertiary/aromatic N) is 2. The van der Waals surface area contributed by atoms with E-state index in [1.807, 2.05) is 30.3 Å². The van der Waals surface area contributed by atoms with Crippen LogP contribution in [0.3, 0.4) is 0 Å². The lowest BCUT2D eigenvalue weighted by Gasteiger charge is -2.28. The van der Waals surface area contributed by atoms with Gasteiger partial charge in [0, 0.05) is 15.6 Å². The molecule has 1 N–H and O–H groups in total. The van der Waals surface area contributed by atoms with Crippen LogP contribution in [0.4, 0.5) is 0 Å². The van der Waals surface area contributed by atoms with Crippen LogP contribution >= 0.6 is 15.9 Å². The Morgan fingerprint density at radius 1 is 1.21 bits per heavy atom. The SMILES string of the molecule is CC1=C(C#N)C(=O)N(CC(C)O)C(=O)/C1=C/c1ccc(-c2ccc(Br)cc2)o1.